The molecule has 0 bridgehead atoms. The quantitative estimate of drug-likeness (QED) is 0.561. The van der Waals surface area contributed by atoms with E-state index in [1.54, 1.807) is 0 Å². The number of benzene rings is 1. The molecule has 1 saturated heterocycles. The van der Waals surface area contributed by atoms with E-state index in [-0.39, 0.29) is 0 Å². The summed E-state index contributed by atoms with van der Waals surface area (Å²) in [5.74, 6) is 0.966. The Hall–Kier alpha value is -0.790. The van der Waals surface area contributed by atoms with Gasteiger partial charge in [-0.15, -0.1) is 0 Å². The van der Waals surface area contributed by atoms with E-state index in [0.717, 1.165) is 25.4 Å². The first-order valence-corrected chi connectivity index (χ1v) is 13.6. The number of ether oxygens (including phenoxy) is 5. The van der Waals surface area contributed by atoms with Crippen LogP contribution in [0.3, 0.4) is 0 Å². The predicted octanol–water partition coefficient (Wildman–Crippen LogP) is 4.18. The summed E-state index contributed by atoms with van der Waals surface area (Å²) >= 11 is 0. The van der Waals surface area contributed by atoms with E-state index in [0.29, 0.717) is 77.4 Å². The van der Waals surface area contributed by atoms with Crippen molar-refractivity contribution < 1.29 is 28.2 Å². The molecule has 0 aliphatic carbocycles. The van der Waals surface area contributed by atoms with Crippen LogP contribution in [0, 0.1) is 0 Å². The molecule has 33 heavy (non-hydrogen) atoms. The molecule has 1 aliphatic rings. The van der Waals surface area contributed by atoms with Crippen LogP contribution in [0.5, 0.6) is 5.75 Å². The zero-order chi connectivity index (χ0) is 23.7. The molecule has 0 atom stereocenters. The summed E-state index contributed by atoms with van der Waals surface area (Å²) in [5, 5.41) is 0. The SMILES string of the molecule is CC(C)P(Oc1cccc(CN2CCOCCOCCOCCOCCOCC2)c1)C(C)C. The Morgan fingerprint density at radius 3 is 1.64 bits per heavy atom. The van der Waals surface area contributed by atoms with Crippen LogP contribution >= 0.6 is 8.15 Å². The maximum atomic E-state index is 6.41. The van der Waals surface area contributed by atoms with Crippen LogP contribution in [-0.2, 0) is 30.2 Å². The molecular weight excluding hydrogens is 441 g/mol. The minimum atomic E-state index is -0.504. The van der Waals surface area contributed by atoms with E-state index in [1.807, 2.05) is 0 Å². The van der Waals surface area contributed by atoms with Crippen molar-refractivity contribution >= 4 is 8.15 Å². The summed E-state index contributed by atoms with van der Waals surface area (Å²) in [5.41, 5.74) is 2.30. The molecule has 2 rings (SSSR count). The van der Waals surface area contributed by atoms with Crippen molar-refractivity contribution in [2.24, 2.45) is 0 Å². The Labute approximate surface area is 201 Å². The van der Waals surface area contributed by atoms with Crippen molar-refractivity contribution in [3.05, 3.63) is 29.8 Å². The largest absolute Gasteiger partial charge is 0.474 e. The lowest BCUT2D eigenvalue weighted by atomic mass is 10.2. The summed E-state index contributed by atoms with van der Waals surface area (Å²) in [6.45, 7) is 17.4. The second-order valence-electron chi connectivity index (χ2n) is 8.62. The van der Waals surface area contributed by atoms with Crippen LogP contribution in [0.1, 0.15) is 33.3 Å². The lowest BCUT2D eigenvalue weighted by Crippen LogP contribution is -2.31. The Balaban J connectivity index is 1.90. The van der Waals surface area contributed by atoms with E-state index in [1.165, 1.54) is 5.56 Å². The van der Waals surface area contributed by atoms with Crippen molar-refractivity contribution in [2.45, 2.75) is 45.6 Å². The number of nitrogens with zero attached hydrogens (tertiary/aromatic N) is 1. The summed E-state index contributed by atoms with van der Waals surface area (Å²) in [6, 6.07) is 8.50. The fraction of sp³-hybridized carbons (Fsp3) is 0.760. The molecule has 0 unspecified atom stereocenters. The molecule has 0 aromatic heterocycles. The molecule has 1 aromatic rings. The highest BCUT2D eigenvalue weighted by Crippen LogP contribution is 2.47. The van der Waals surface area contributed by atoms with Crippen LogP contribution in [0.4, 0.5) is 0 Å². The molecule has 0 saturated carbocycles. The summed E-state index contributed by atoms with van der Waals surface area (Å²) in [6.07, 6.45) is 0. The minimum absolute atomic E-state index is 0.504. The third kappa shape index (κ3) is 13.0. The molecule has 1 heterocycles. The van der Waals surface area contributed by atoms with Crippen LogP contribution in [0.15, 0.2) is 24.3 Å². The second-order valence-corrected chi connectivity index (χ2v) is 11.6. The fourth-order valence-electron chi connectivity index (χ4n) is 3.53. The summed E-state index contributed by atoms with van der Waals surface area (Å²) < 4.78 is 34.5. The molecule has 1 fully saturated rings. The molecule has 0 spiro atoms. The monoisotopic (exact) mass is 485 g/mol. The van der Waals surface area contributed by atoms with Gasteiger partial charge in [-0.1, -0.05) is 39.8 Å². The molecular formula is C25H44NO6P. The standard InChI is InChI=1S/C25H44NO6P/c1-22(2)33(23(3)4)32-25-7-5-6-24(20-25)21-26-8-10-27-12-14-29-16-18-31-19-17-30-15-13-28-11-9-26/h5-7,20,22-23H,8-19,21H2,1-4H3. The maximum Gasteiger partial charge on any atom is 0.123 e. The summed E-state index contributed by atoms with van der Waals surface area (Å²) in [4.78, 5) is 2.37. The van der Waals surface area contributed by atoms with Gasteiger partial charge >= 0.3 is 0 Å². The average molecular weight is 486 g/mol. The zero-order valence-electron chi connectivity index (χ0n) is 21.0. The van der Waals surface area contributed by atoms with Crippen LogP contribution in [0.25, 0.3) is 0 Å². The van der Waals surface area contributed by atoms with Crippen molar-refractivity contribution in [2.75, 3.05) is 79.2 Å². The van der Waals surface area contributed by atoms with Gasteiger partial charge in [0, 0.05) is 31.0 Å². The van der Waals surface area contributed by atoms with Gasteiger partial charge in [0.05, 0.1) is 74.2 Å². The predicted molar refractivity (Wildman–Crippen MR) is 134 cm³/mol. The number of rotatable bonds is 6. The van der Waals surface area contributed by atoms with Gasteiger partial charge in [-0.25, -0.2) is 0 Å². The molecule has 0 radical (unpaired) electrons. The van der Waals surface area contributed by atoms with Gasteiger partial charge in [0.1, 0.15) is 5.75 Å². The van der Waals surface area contributed by atoms with Gasteiger partial charge in [0.25, 0.3) is 0 Å². The first kappa shape index (κ1) is 28.4. The topological polar surface area (TPSA) is 58.6 Å². The highest BCUT2D eigenvalue weighted by atomic mass is 31.1. The molecule has 8 heteroatoms. The first-order chi connectivity index (χ1) is 16.1. The number of hydrogen-bond donors (Lipinski definition) is 0. The van der Waals surface area contributed by atoms with E-state index in [2.05, 4.69) is 56.9 Å². The lowest BCUT2D eigenvalue weighted by molar-refractivity contribution is -0.0189. The van der Waals surface area contributed by atoms with Gasteiger partial charge in [-0.3, -0.25) is 4.90 Å². The highest BCUT2D eigenvalue weighted by molar-refractivity contribution is 7.54. The summed E-state index contributed by atoms with van der Waals surface area (Å²) in [7, 11) is -0.504. The zero-order valence-corrected chi connectivity index (χ0v) is 21.9. The number of hydrogen-bond acceptors (Lipinski definition) is 7. The van der Waals surface area contributed by atoms with Gasteiger partial charge < -0.3 is 28.2 Å². The van der Waals surface area contributed by atoms with Gasteiger partial charge in [-0.05, 0) is 17.7 Å². The minimum Gasteiger partial charge on any atom is -0.474 e. The average Bonchev–Trinajstić information content (AvgIpc) is 2.78. The molecule has 190 valence electrons. The molecule has 1 aromatic carbocycles. The lowest BCUT2D eigenvalue weighted by Gasteiger charge is -2.26. The smallest absolute Gasteiger partial charge is 0.123 e. The van der Waals surface area contributed by atoms with E-state index in [4.69, 9.17) is 28.2 Å². The van der Waals surface area contributed by atoms with Crippen LogP contribution < -0.4 is 4.52 Å². The van der Waals surface area contributed by atoms with Crippen molar-refractivity contribution in [3.8, 4) is 5.75 Å². The molecule has 7 nitrogen and oxygen atoms in total. The molecule has 0 N–H and O–H groups in total. The molecule has 1 aliphatic heterocycles. The van der Waals surface area contributed by atoms with Gasteiger partial charge in [0.15, 0.2) is 0 Å². The van der Waals surface area contributed by atoms with Gasteiger partial charge in [0.2, 0.25) is 0 Å². The Bertz CT molecular complexity index is 592. The van der Waals surface area contributed by atoms with Gasteiger partial charge in [-0.2, -0.15) is 0 Å². The Morgan fingerprint density at radius 1 is 0.727 bits per heavy atom. The van der Waals surface area contributed by atoms with E-state index < -0.39 is 8.15 Å². The van der Waals surface area contributed by atoms with Crippen molar-refractivity contribution in [1.29, 1.82) is 0 Å². The van der Waals surface area contributed by atoms with Crippen molar-refractivity contribution in [3.63, 3.8) is 0 Å². The normalized spacial score (nSPS) is 19.5. The maximum absolute atomic E-state index is 6.41. The second kappa shape index (κ2) is 17.6. The first-order valence-electron chi connectivity index (χ1n) is 12.2. The Morgan fingerprint density at radius 2 is 1.18 bits per heavy atom. The fourth-order valence-corrected chi connectivity index (χ4v) is 5.50. The van der Waals surface area contributed by atoms with Crippen LogP contribution in [-0.4, -0.2) is 95.4 Å². The third-order valence-corrected chi connectivity index (χ3v) is 7.58. The van der Waals surface area contributed by atoms with Crippen LogP contribution in [0.2, 0.25) is 0 Å². The highest BCUT2D eigenvalue weighted by Gasteiger charge is 2.20. The van der Waals surface area contributed by atoms with E-state index in [9.17, 15) is 0 Å². The van der Waals surface area contributed by atoms with Crippen molar-refractivity contribution in [1.82, 2.24) is 4.90 Å². The Kier molecular flexibility index (Phi) is 15.2. The third-order valence-electron chi connectivity index (χ3n) is 5.13. The molecule has 0 amide bonds. The van der Waals surface area contributed by atoms with E-state index >= 15 is 0 Å².